The lowest BCUT2D eigenvalue weighted by Gasteiger charge is -2.34. The zero-order chi connectivity index (χ0) is 27.1. The Morgan fingerprint density at radius 1 is 1.00 bits per heavy atom. The molecule has 6 rings (SSSR count). The monoisotopic (exact) mass is 567 g/mol. The summed E-state index contributed by atoms with van der Waals surface area (Å²) in [5.74, 6) is -2.39. The molecule has 1 spiro atoms. The Balaban J connectivity index is 1.29. The molecule has 0 aromatic heterocycles. The van der Waals surface area contributed by atoms with Crippen molar-refractivity contribution < 1.29 is 19.1 Å². The molecule has 2 N–H and O–H groups in total. The summed E-state index contributed by atoms with van der Waals surface area (Å²) in [6.07, 6.45) is 8.84. The first kappa shape index (κ1) is 26.4. The number of halogens is 2. The number of benzene rings is 2. The van der Waals surface area contributed by atoms with E-state index in [4.69, 9.17) is 27.9 Å². The third-order valence-electron chi connectivity index (χ3n) is 8.49. The summed E-state index contributed by atoms with van der Waals surface area (Å²) in [5, 5.41) is 6.87. The zero-order valence-electron chi connectivity index (χ0n) is 21.4. The van der Waals surface area contributed by atoms with Gasteiger partial charge < -0.3 is 20.3 Å². The van der Waals surface area contributed by atoms with Gasteiger partial charge in [-0.05, 0) is 43.0 Å². The van der Waals surface area contributed by atoms with Gasteiger partial charge in [-0.3, -0.25) is 14.4 Å². The van der Waals surface area contributed by atoms with Gasteiger partial charge in [0.1, 0.15) is 11.6 Å². The molecule has 5 atom stereocenters. The number of nitrogens with one attached hydrogen (secondary N) is 2. The van der Waals surface area contributed by atoms with Crippen molar-refractivity contribution in [3.8, 4) is 0 Å². The Morgan fingerprint density at radius 2 is 1.72 bits per heavy atom. The smallest absolute Gasteiger partial charge is 0.246 e. The van der Waals surface area contributed by atoms with Crippen LogP contribution < -0.4 is 10.6 Å². The third kappa shape index (κ3) is 4.85. The summed E-state index contributed by atoms with van der Waals surface area (Å²) >= 11 is 12.3. The van der Waals surface area contributed by atoms with Gasteiger partial charge in [0.15, 0.2) is 0 Å². The summed E-state index contributed by atoms with van der Waals surface area (Å²) in [7, 11) is 0. The van der Waals surface area contributed by atoms with Gasteiger partial charge in [-0.1, -0.05) is 84.9 Å². The number of fused-ring (bicyclic) bond motifs is 1. The molecule has 4 aliphatic rings. The van der Waals surface area contributed by atoms with Crippen LogP contribution in [0, 0.1) is 11.8 Å². The lowest BCUT2D eigenvalue weighted by Crippen LogP contribution is -2.56. The van der Waals surface area contributed by atoms with Crippen molar-refractivity contribution in [1.82, 2.24) is 10.2 Å². The average molecular weight is 569 g/mol. The number of hydrogen-bond acceptors (Lipinski definition) is 4. The van der Waals surface area contributed by atoms with E-state index in [1.165, 1.54) is 6.42 Å². The highest BCUT2D eigenvalue weighted by atomic mass is 35.5. The third-order valence-corrected chi connectivity index (χ3v) is 8.93. The van der Waals surface area contributed by atoms with Crippen LogP contribution in [0.2, 0.25) is 10.0 Å². The molecule has 3 heterocycles. The quantitative estimate of drug-likeness (QED) is 0.471. The molecule has 1 aliphatic carbocycles. The van der Waals surface area contributed by atoms with Crippen LogP contribution in [0.5, 0.6) is 0 Å². The van der Waals surface area contributed by atoms with Crippen LogP contribution in [0.4, 0.5) is 5.69 Å². The number of nitrogens with zero attached hydrogens (tertiary/aromatic N) is 1. The van der Waals surface area contributed by atoms with Gasteiger partial charge in [-0.2, -0.15) is 0 Å². The van der Waals surface area contributed by atoms with Crippen LogP contribution in [-0.4, -0.2) is 53.0 Å². The molecular formula is C30H31Cl2N3O4. The van der Waals surface area contributed by atoms with Gasteiger partial charge in [0.05, 0.1) is 17.9 Å². The molecule has 39 heavy (non-hydrogen) atoms. The van der Waals surface area contributed by atoms with Crippen molar-refractivity contribution in [2.45, 2.75) is 62.3 Å². The topological polar surface area (TPSA) is 87.7 Å². The first-order valence-corrected chi connectivity index (χ1v) is 14.4. The van der Waals surface area contributed by atoms with Gasteiger partial charge >= 0.3 is 0 Å². The first-order valence-electron chi connectivity index (χ1n) is 13.6. The van der Waals surface area contributed by atoms with Crippen LogP contribution >= 0.6 is 23.2 Å². The number of amides is 3. The molecule has 0 unspecified atom stereocenters. The highest BCUT2D eigenvalue weighted by Gasteiger charge is 2.72. The minimum atomic E-state index is -1.19. The molecule has 9 heteroatoms. The largest absolute Gasteiger partial charge is 0.359 e. The summed E-state index contributed by atoms with van der Waals surface area (Å²) in [6.45, 7) is 0.351. The molecular weight excluding hydrogens is 537 g/mol. The summed E-state index contributed by atoms with van der Waals surface area (Å²) < 4.78 is 6.43. The second-order valence-electron chi connectivity index (χ2n) is 11.0. The van der Waals surface area contributed by atoms with E-state index in [2.05, 4.69) is 10.6 Å². The van der Waals surface area contributed by atoms with Crippen molar-refractivity contribution in [2.24, 2.45) is 11.8 Å². The molecule has 3 amide bonds. The van der Waals surface area contributed by atoms with E-state index in [0.717, 1.165) is 31.2 Å². The number of carbonyl (C=O) groups is 3. The molecule has 2 bridgehead atoms. The van der Waals surface area contributed by atoms with Crippen molar-refractivity contribution in [1.29, 1.82) is 0 Å². The second-order valence-corrected chi connectivity index (χ2v) is 11.8. The van der Waals surface area contributed by atoms with Crippen molar-refractivity contribution in [3.05, 3.63) is 76.3 Å². The molecule has 3 aliphatic heterocycles. The fraction of sp³-hybridized carbons (Fsp3) is 0.433. The number of likely N-dealkylation sites (tertiary alicyclic amines) is 1. The van der Waals surface area contributed by atoms with Gasteiger partial charge in [0, 0.05) is 28.3 Å². The molecule has 0 radical (unpaired) electrons. The Bertz CT molecular complexity index is 1290. The minimum absolute atomic E-state index is 0.0852. The predicted molar refractivity (Wildman–Crippen MR) is 149 cm³/mol. The fourth-order valence-corrected chi connectivity index (χ4v) is 7.31. The summed E-state index contributed by atoms with van der Waals surface area (Å²) in [4.78, 5) is 43.2. The number of carbonyl (C=O) groups excluding carboxylic acids is 3. The Morgan fingerprint density at radius 3 is 2.44 bits per heavy atom. The highest BCUT2D eigenvalue weighted by Crippen LogP contribution is 2.55. The molecule has 2 aromatic carbocycles. The highest BCUT2D eigenvalue weighted by molar-refractivity contribution is 6.35. The van der Waals surface area contributed by atoms with E-state index in [9.17, 15) is 14.4 Å². The zero-order valence-corrected chi connectivity index (χ0v) is 23.0. The standard InChI is InChI=1S/C30H31Cl2N3O4/c31-19-15-20(32)17-22(16-19)34-27(36)24-23-11-13-30(39-23)25(24)29(38)35(14-12-18-7-3-1-4-8-18)26(30)28(37)33-21-9-5-2-6-10-21/h1,3-4,7-8,11,13,15-17,21,23-26H,2,5-6,9-10,12,14H2,(H,33,37)(H,34,36)/t23-,24+,25-,26-,30-/m0/s1. The second kappa shape index (κ2) is 10.6. The number of rotatable bonds is 7. The van der Waals surface area contributed by atoms with Crippen LogP contribution in [0.3, 0.4) is 0 Å². The fourth-order valence-electron chi connectivity index (χ4n) is 6.78. The van der Waals surface area contributed by atoms with Crippen LogP contribution in [0.25, 0.3) is 0 Å². The SMILES string of the molecule is O=C(Nc1cc(Cl)cc(Cl)c1)[C@@H]1[C@@H]2C=C[C@]3(O2)[C@@H]1C(=O)N(CCc1ccccc1)[C@H]3C(=O)NC1CCCCC1. The summed E-state index contributed by atoms with van der Waals surface area (Å²) in [6, 6.07) is 13.9. The van der Waals surface area contributed by atoms with E-state index in [-0.39, 0.29) is 23.8 Å². The van der Waals surface area contributed by atoms with E-state index in [0.29, 0.717) is 28.7 Å². The lowest BCUT2D eigenvalue weighted by molar-refractivity contribution is -0.141. The molecule has 2 saturated heterocycles. The van der Waals surface area contributed by atoms with Crippen molar-refractivity contribution in [2.75, 3.05) is 11.9 Å². The van der Waals surface area contributed by atoms with Crippen molar-refractivity contribution in [3.63, 3.8) is 0 Å². The number of hydrogen-bond donors (Lipinski definition) is 2. The van der Waals surface area contributed by atoms with E-state index >= 15 is 0 Å². The maximum Gasteiger partial charge on any atom is 0.246 e. The summed E-state index contributed by atoms with van der Waals surface area (Å²) in [5.41, 5.74) is 0.320. The van der Waals surface area contributed by atoms with Crippen LogP contribution in [-0.2, 0) is 25.5 Å². The van der Waals surface area contributed by atoms with Gasteiger partial charge in [0.2, 0.25) is 17.7 Å². The van der Waals surface area contributed by atoms with E-state index in [1.54, 1.807) is 23.1 Å². The van der Waals surface area contributed by atoms with Crippen LogP contribution in [0.1, 0.15) is 37.7 Å². The minimum Gasteiger partial charge on any atom is -0.359 e. The first-order chi connectivity index (χ1) is 18.9. The average Bonchev–Trinajstić information content (AvgIpc) is 3.55. The van der Waals surface area contributed by atoms with Gasteiger partial charge in [-0.15, -0.1) is 0 Å². The predicted octanol–water partition coefficient (Wildman–Crippen LogP) is 4.77. The normalized spacial score (nSPS) is 29.5. The Labute approximate surface area is 237 Å². The Kier molecular flexibility index (Phi) is 7.16. The maximum absolute atomic E-state index is 14.1. The van der Waals surface area contributed by atoms with Gasteiger partial charge in [0.25, 0.3) is 0 Å². The van der Waals surface area contributed by atoms with Gasteiger partial charge in [-0.25, -0.2) is 0 Å². The lowest BCUT2D eigenvalue weighted by atomic mass is 9.74. The molecule has 204 valence electrons. The molecule has 2 aromatic rings. The number of anilines is 1. The molecule has 3 fully saturated rings. The van der Waals surface area contributed by atoms with E-state index in [1.807, 2.05) is 42.5 Å². The maximum atomic E-state index is 14.1. The molecule has 7 nitrogen and oxygen atoms in total. The van der Waals surface area contributed by atoms with E-state index < -0.39 is 29.6 Å². The number of ether oxygens (including phenoxy) is 1. The van der Waals surface area contributed by atoms with Crippen molar-refractivity contribution >= 4 is 46.6 Å². The molecule has 1 saturated carbocycles. The van der Waals surface area contributed by atoms with Crippen LogP contribution in [0.15, 0.2) is 60.7 Å². The Hall–Kier alpha value is -2.87.